The molecule has 0 saturated carbocycles. The Labute approximate surface area is 115 Å². The SMILES string of the molecule is CCC1=C(CC)C(CC)=[C]([Hf+2])C1.[Cl-].[Cl-]. The summed E-state index contributed by atoms with van der Waals surface area (Å²) in [5.41, 5.74) is 5.13. The Morgan fingerprint density at radius 1 is 0.929 bits per heavy atom. The molecule has 1 rings (SSSR count). The zero-order chi connectivity index (χ0) is 9.14. The van der Waals surface area contributed by atoms with E-state index in [9.17, 15) is 0 Å². The van der Waals surface area contributed by atoms with Gasteiger partial charge in [0.1, 0.15) is 0 Å². The van der Waals surface area contributed by atoms with E-state index in [-0.39, 0.29) is 24.8 Å². The van der Waals surface area contributed by atoms with E-state index < -0.39 is 0 Å². The molecule has 0 bridgehead atoms. The Morgan fingerprint density at radius 3 is 1.79 bits per heavy atom. The van der Waals surface area contributed by atoms with E-state index in [4.69, 9.17) is 0 Å². The number of rotatable bonds is 3. The Hall–Kier alpha value is 0.930. The summed E-state index contributed by atoms with van der Waals surface area (Å²) in [6.07, 6.45) is 5.08. The number of allylic oxidation sites excluding steroid dienone is 4. The van der Waals surface area contributed by atoms with Gasteiger partial charge in [0.25, 0.3) is 0 Å². The van der Waals surface area contributed by atoms with Gasteiger partial charge in [-0.15, -0.1) is 0 Å². The molecule has 0 nitrogen and oxygen atoms in total. The number of halogens is 2. The van der Waals surface area contributed by atoms with Gasteiger partial charge in [-0.2, -0.15) is 0 Å². The first-order valence-corrected chi connectivity index (χ1v) is 6.69. The van der Waals surface area contributed by atoms with Crippen LogP contribution in [-0.2, 0) is 24.4 Å². The minimum Gasteiger partial charge on any atom is -1.00 e. The van der Waals surface area contributed by atoms with Crippen LogP contribution in [0.15, 0.2) is 20.0 Å². The molecule has 0 amide bonds. The minimum atomic E-state index is 0. The summed E-state index contributed by atoms with van der Waals surface area (Å²) in [6.45, 7) is 6.88. The van der Waals surface area contributed by atoms with Crippen molar-refractivity contribution in [2.45, 2.75) is 46.5 Å². The molecular formula is C11H17Cl2Hf. The van der Waals surface area contributed by atoms with E-state index in [1.165, 1.54) is 50.1 Å². The van der Waals surface area contributed by atoms with E-state index in [0.29, 0.717) is 0 Å². The van der Waals surface area contributed by atoms with Crippen LogP contribution in [0.4, 0.5) is 0 Å². The van der Waals surface area contributed by atoms with Crippen LogP contribution in [0.25, 0.3) is 0 Å². The Morgan fingerprint density at radius 2 is 1.43 bits per heavy atom. The van der Waals surface area contributed by atoms with Gasteiger partial charge in [-0.3, -0.25) is 0 Å². The normalized spacial score (nSPS) is 15.5. The zero-order valence-electron chi connectivity index (χ0n) is 9.08. The maximum atomic E-state index is 2.29. The molecule has 0 aromatic heterocycles. The first-order chi connectivity index (χ1) is 5.74. The summed E-state index contributed by atoms with van der Waals surface area (Å²) in [5, 5.41) is 0. The van der Waals surface area contributed by atoms with Crippen molar-refractivity contribution in [2.75, 3.05) is 0 Å². The van der Waals surface area contributed by atoms with Gasteiger partial charge in [0.15, 0.2) is 0 Å². The van der Waals surface area contributed by atoms with Crippen LogP contribution < -0.4 is 24.8 Å². The molecule has 0 radical (unpaired) electrons. The van der Waals surface area contributed by atoms with Crippen molar-refractivity contribution >= 4 is 0 Å². The van der Waals surface area contributed by atoms with E-state index in [1.807, 2.05) is 0 Å². The van der Waals surface area contributed by atoms with Crippen molar-refractivity contribution in [3.05, 3.63) is 20.0 Å². The molecule has 0 spiro atoms. The van der Waals surface area contributed by atoms with Gasteiger partial charge < -0.3 is 24.8 Å². The van der Waals surface area contributed by atoms with Crippen LogP contribution >= 0.6 is 0 Å². The molecule has 3 heteroatoms. The van der Waals surface area contributed by atoms with Gasteiger partial charge in [0, 0.05) is 0 Å². The zero-order valence-corrected chi connectivity index (χ0v) is 14.2. The second kappa shape index (κ2) is 8.13. The minimum absolute atomic E-state index is 0. The third-order valence-electron chi connectivity index (χ3n) is 2.68. The molecule has 0 aromatic carbocycles. The Balaban J connectivity index is 0. The summed E-state index contributed by atoms with van der Waals surface area (Å²) in [5.74, 6) is 0. The van der Waals surface area contributed by atoms with Crippen molar-refractivity contribution in [2.24, 2.45) is 0 Å². The van der Waals surface area contributed by atoms with Gasteiger partial charge >= 0.3 is 90.9 Å². The average molecular weight is 399 g/mol. The molecule has 1 aliphatic rings. The molecule has 79 valence electrons. The first-order valence-electron chi connectivity index (χ1n) is 4.89. The largest absolute Gasteiger partial charge is 1.00 e. The summed E-state index contributed by atoms with van der Waals surface area (Å²) in [4.78, 5) is 0. The predicted molar refractivity (Wildman–Crippen MR) is 49.5 cm³/mol. The van der Waals surface area contributed by atoms with Crippen LogP contribution in [-0.4, -0.2) is 0 Å². The van der Waals surface area contributed by atoms with Crippen LogP contribution in [0.5, 0.6) is 0 Å². The summed E-state index contributed by atoms with van der Waals surface area (Å²) >= 11 is 1.27. The third-order valence-corrected chi connectivity index (χ3v) is 4.40. The van der Waals surface area contributed by atoms with Gasteiger partial charge in [-0.25, -0.2) is 0 Å². The molecule has 0 unspecified atom stereocenters. The van der Waals surface area contributed by atoms with Gasteiger partial charge in [-0.05, 0) is 0 Å². The van der Waals surface area contributed by atoms with Crippen molar-refractivity contribution in [3.8, 4) is 0 Å². The predicted octanol–water partition coefficient (Wildman–Crippen LogP) is -2.27. The standard InChI is InChI=1S/C11H17.2ClH.Hf/c1-4-9-7-8-10(5-2)11(9)6-3;;;/h4-7H2,1-3H3;2*1H;/q;;;+2/p-2. The van der Waals surface area contributed by atoms with Crippen LogP contribution in [0, 0.1) is 0 Å². The van der Waals surface area contributed by atoms with Crippen molar-refractivity contribution in [3.63, 3.8) is 0 Å². The van der Waals surface area contributed by atoms with Crippen LogP contribution in [0.2, 0.25) is 0 Å². The van der Waals surface area contributed by atoms with E-state index in [2.05, 4.69) is 20.8 Å². The molecule has 0 aromatic rings. The van der Waals surface area contributed by atoms with Crippen LogP contribution in [0.3, 0.4) is 0 Å². The summed E-state index contributed by atoms with van der Waals surface area (Å²) in [6, 6.07) is 0. The molecule has 0 saturated heterocycles. The second-order valence-corrected chi connectivity index (χ2v) is 5.45. The molecule has 0 aliphatic heterocycles. The number of hydrogen-bond acceptors (Lipinski definition) is 0. The second-order valence-electron chi connectivity index (χ2n) is 3.28. The first kappa shape index (κ1) is 17.3. The molecule has 0 fully saturated rings. The molecule has 1 aliphatic carbocycles. The van der Waals surface area contributed by atoms with E-state index in [1.54, 1.807) is 20.0 Å². The van der Waals surface area contributed by atoms with E-state index >= 15 is 0 Å². The Bertz CT molecular complexity index is 242. The molecule has 0 heterocycles. The van der Waals surface area contributed by atoms with Gasteiger partial charge in [-0.1, -0.05) is 0 Å². The maximum absolute atomic E-state index is 2.29. The average Bonchev–Trinajstić information content (AvgIpc) is 2.40. The van der Waals surface area contributed by atoms with Gasteiger partial charge in [0.05, 0.1) is 0 Å². The third kappa shape index (κ3) is 3.50. The van der Waals surface area contributed by atoms with E-state index in [0.717, 1.165) is 0 Å². The fourth-order valence-electron chi connectivity index (χ4n) is 2.05. The topological polar surface area (TPSA) is 0 Å². The molecule has 14 heavy (non-hydrogen) atoms. The maximum Gasteiger partial charge on any atom is -1.00 e. The fraction of sp³-hybridized carbons (Fsp3) is 0.636. The monoisotopic (exact) mass is 399 g/mol. The summed E-state index contributed by atoms with van der Waals surface area (Å²) < 4.78 is 1.76. The molecule has 0 atom stereocenters. The Kier molecular flexibility index (Phi) is 10.1. The number of hydrogen-bond donors (Lipinski definition) is 0. The molecular weight excluding hydrogens is 382 g/mol. The van der Waals surface area contributed by atoms with Crippen molar-refractivity contribution in [1.29, 1.82) is 0 Å². The quantitative estimate of drug-likeness (QED) is 0.470. The van der Waals surface area contributed by atoms with Crippen LogP contribution in [0.1, 0.15) is 46.5 Å². The fourth-order valence-corrected chi connectivity index (χ4v) is 3.99. The summed E-state index contributed by atoms with van der Waals surface area (Å²) in [7, 11) is 0. The smallest absolute Gasteiger partial charge is 1.00 e. The molecule has 0 N–H and O–H groups in total. The van der Waals surface area contributed by atoms with Crippen molar-refractivity contribution in [1.82, 2.24) is 0 Å². The van der Waals surface area contributed by atoms with Crippen molar-refractivity contribution < 1.29 is 49.2 Å². The van der Waals surface area contributed by atoms with Gasteiger partial charge in [0.2, 0.25) is 0 Å².